The fourth-order valence-corrected chi connectivity index (χ4v) is 4.15. The maximum Gasteiger partial charge on any atom is 0.229 e. The normalized spacial score (nSPS) is 16.0. The zero-order valence-corrected chi connectivity index (χ0v) is 20.2. The Morgan fingerprint density at radius 3 is 2.65 bits per heavy atom. The monoisotopic (exact) mass is 504 g/mol. The number of hydrogen-bond donors (Lipinski definition) is 4. The molecule has 4 N–H and O–H groups in total. The standard InChI is InChI=1S/C22H25ClN6O4S/c1-32-19-11-14(20-13-24-9-10-33-20)7-8-18(19)27-22-25-12-15(23)21(28-22)26-16-5-3-4-6-17(16)29-34(2,30)31/h3-8,11-12,20,24,29H,9-10,13H2,1-2H3,(H2,25,26,27,28). The molecule has 1 atom stereocenters. The van der Waals surface area contributed by atoms with Crippen LogP contribution in [-0.4, -0.2) is 51.4 Å². The van der Waals surface area contributed by atoms with Gasteiger partial charge in [0.1, 0.15) is 10.8 Å². The summed E-state index contributed by atoms with van der Waals surface area (Å²) in [7, 11) is -1.88. The first-order valence-electron chi connectivity index (χ1n) is 10.5. The molecular weight excluding hydrogens is 480 g/mol. The van der Waals surface area contributed by atoms with Gasteiger partial charge in [-0.1, -0.05) is 29.8 Å². The molecule has 2 heterocycles. The lowest BCUT2D eigenvalue weighted by molar-refractivity contribution is 0.0276. The van der Waals surface area contributed by atoms with E-state index in [0.29, 0.717) is 35.2 Å². The average molecular weight is 505 g/mol. The van der Waals surface area contributed by atoms with Gasteiger partial charge in [-0.2, -0.15) is 4.98 Å². The maximum atomic E-state index is 11.7. The number of hydrogen-bond acceptors (Lipinski definition) is 9. The van der Waals surface area contributed by atoms with Crippen molar-refractivity contribution in [2.24, 2.45) is 0 Å². The van der Waals surface area contributed by atoms with E-state index in [2.05, 4.69) is 30.6 Å². The van der Waals surface area contributed by atoms with Crippen LogP contribution in [0, 0.1) is 0 Å². The van der Waals surface area contributed by atoms with Crippen molar-refractivity contribution in [3.63, 3.8) is 0 Å². The van der Waals surface area contributed by atoms with E-state index in [1.807, 2.05) is 18.2 Å². The SMILES string of the molecule is COc1cc(C2CNCCO2)ccc1Nc1ncc(Cl)c(Nc2ccccc2NS(C)(=O)=O)n1. The Hall–Kier alpha value is -3.12. The molecule has 34 heavy (non-hydrogen) atoms. The number of aromatic nitrogens is 2. The van der Waals surface area contributed by atoms with Crippen LogP contribution in [0.1, 0.15) is 11.7 Å². The number of anilines is 5. The molecule has 180 valence electrons. The number of nitrogens with zero attached hydrogens (tertiary/aromatic N) is 2. The van der Waals surface area contributed by atoms with Gasteiger partial charge in [-0.05, 0) is 29.8 Å². The first kappa shape index (κ1) is 24.0. The molecule has 12 heteroatoms. The highest BCUT2D eigenvalue weighted by Gasteiger charge is 2.18. The predicted octanol–water partition coefficient (Wildman–Crippen LogP) is 3.66. The Morgan fingerprint density at radius 1 is 1.15 bits per heavy atom. The number of para-hydroxylation sites is 2. The molecule has 4 rings (SSSR count). The van der Waals surface area contributed by atoms with E-state index in [1.165, 1.54) is 6.20 Å². The molecule has 0 spiro atoms. The van der Waals surface area contributed by atoms with Gasteiger partial charge in [0.15, 0.2) is 5.82 Å². The van der Waals surface area contributed by atoms with Crippen molar-refractivity contribution in [3.05, 3.63) is 59.2 Å². The molecule has 0 aliphatic carbocycles. The summed E-state index contributed by atoms with van der Waals surface area (Å²) < 4.78 is 37.2. The summed E-state index contributed by atoms with van der Waals surface area (Å²) in [5.74, 6) is 1.20. The van der Waals surface area contributed by atoms with Crippen LogP contribution in [0.25, 0.3) is 0 Å². The third-order valence-electron chi connectivity index (χ3n) is 4.99. The van der Waals surface area contributed by atoms with Crippen LogP contribution >= 0.6 is 11.6 Å². The molecule has 1 unspecified atom stereocenters. The summed E-state index contributed by atoms with van der Waals surface area (Å²) in [5, 5.41) is 9.79. The molecule has 0 bridgehead atoms. The number of halogens is 1. The van der Waals surface area contributed by atoms with Crippen molar-refractivity contribution in [2.45, 2.75) is 6.10 Å². The number of morpholine rings is 1. The minimum atomic E-state index is -3.47. The third-order valence-corrected chi connectivity index (χ3v) is 5.86. The van der Waals surface area contributed by atoms with Gasteiger partial charge >= 0.3 is 0 Å². The first-order chi connectivity index (χ1) is 16.3. The molecule has 1 aromatic heterocycles. The van der Waals surface area contributed by atoms with Gasteiger partial charge in [-0.25, -0.2) is 13.4 Å². The Morgan fingerprint density at radius 2 is 1.94 bits per heavy atom. The lowest BCUT2D eigenvalue weighted by atomic mass is 10.1. The van der Waals surface area contributed by atoms with Gasteiger partial charge in [0.25, 0.3) is 0 Å². The Bertz CT molecular complexity index is 1270. The topological polar surface area (TPSA) is 126 Å². The highest BCUT2D eigenvalue weighted by Crippen LogP contribution is 2.33. The fourth-order valence-electron chi connectivity index (χ4n) is 3.43. The van der Waals surface area contributed by atoms with Gasteiger partial charge in [-0.3, -0.25) is 4.72 Å². The zero-order chi connectivity index (χ0) is 24.1. The number of rotatable bonds is 8. The zero-order valence-electron chi connectivity index (χ0n) is 18.6. The van der Waals surface area contributed by atoms with Crippen molar-refractivity contribution < 1.29 is 17.9 Å². The van der Waals surface area contributed by atoms with Crippen LogP contribution in [-0.2, 0) is 14.8 Å². The minimum Gasteiger partial charge on any atom is -0.495 e. The van der Waals surface area contributed by atoms with Gasteiger partial charge < -0.3 is 25.4 Å². The van der Waals surface area contributed by atoms with Crippen molar-refractivity contribution in [1.82, 2.24) is 15.3 Å². The second-order valence-electron chi connectivity index (χ2n) is 7.58. The first-order valence-corrected chi connectivity index (χ1v) is 12.7. The second kappa shape index (κ2) is 10.4. The van der Waals surface area contributed by atoms with E-state index in [0.717, 1.165) is 24.9 Å². The summed E-state index contributed by atoms with van der Waals surface area (Å²) in [4.78, 5) is 8.70. The van der Waals surface area contributed by atoms with E-state index in [-0.39, 0.29) is 17.1 Å². The van der Waals surface area contributed by atoms with Crippen molar-refractivity contribution >= 4 is 50.5 Å². The molecular formula is C22H25ClN6O4S. The van der Waals surface area contributed by atoms with Gasteiger partial charge in [0.05, 0.1) is 49.3 Å². The quantitative estimate of drug-likeness (QED) is 0.363. The van der Waals surface area contributed by atoms with Crippen LogP contribution < -0.4 is 25.4 Å². The van der Waals surface area contributed by atoms with Crippen molar-refractivity contribution in [1.29, 1.82) is 0 Å². The van der Waals surface area contributed by atoms with Gasteiger partial charge in [0.2, 0.25) is 16.0 Å². The smallest absolute Gasteiger partial charge is 0.229 e. The van der Waals surface area contributed by atoms with Crippen LogP contribution in [0.3, 0.4) is 0 Å². The number of nitrogens with one attached hydrogen (secondary N) is 4. The molecule has 1 aliphatic rings. The molecule has 10 nitrogen and oxygen atoms in total. The van der Waals surface area contributed by atoms with Crippen LogP contribution in [0.5, 0.6) is 5.75 Å². The Balaban J connectivity index is 1.56. The molecule has 3 aromatic rings. The Kier molecular flexibility index (Phi) is 7.37. The van der Waals surface area contributed by atoms with E-state index in [1.54, 1.807) is 31.4 Å². The minimum absolute atomic E-state index is 0.0418. The summed E-state index contributed by atoms with van der Waals surface area (Å²) in [6, 6.07) is 12.6. The summed E-state index contributed by atoms with van der Waals surface area (Å²) >= 11 is 6.30. The molecule has 1 fully saturated rings. The summed E-state index contributed by atoms with van der Waals surface area (Å²) in [6.07, 6.45) is 2.49. The average Bonchev–Trinajstić information content (AvgIpc) is 2.82. The van der Waals surface area contributed by atoms with E-state index in [4.69, 9.17) is 21.1 Å². The fraction of sp³-hybridized carbons (Fsp3) is 0.273. The molecule has 0 radical (unpaired) electrons. The molecule has 2 aromatic carbocycles. The number of benzene rings is 2. The largest absolute Gasteiger partial charge is 0.495 e. The molecule has 0 saturated carbocycles. The number of sulfonamides is 1. The van der Waals surface area contributed by atoms with Gasteiger partial charge in [-0.15, -0.1) is 0 Å². The van der Waals surface area contributed by atoms with E-state index in [9.17, 15) is 8.42 Å². The predicted molar refractivity (Wildman–Crippen MR) is 133 cm³/mol. The second-order valence-corrected chi connectivity index (χ2v) is 9.74. The van der Waals surface area contributed by atoms with Gasteiger partial charge in [0, 0.05) is 13.1 Å². The van der Waals surface area contributed by atoms with Crippen LogP contribution in [0.2, 0.25) is 5.02 Å². The molecule has 1 saturated heterocycles. The molecule has 1 aliphatic heterocycles. The lowest BCUT2D eigenvalue weighted by Gasteiger charge is -2.24. The maximum absolute atomic E-state index is 11.7. The lowest BCUT2D eigenvalue weighted by Crippen LogP contribution is -2.33. The number of methoxy groups -OCH3 is 1. The van der Waals surface area contributed by atoms with Crippen LogP contribution in [0.4, 0.5) is 28.8 Å². The van der Waals surface area contributed by atoms with Crippen molar-refractivity contribution in [3.8, 4) is 5.75 Å². The number of ether oxygens (including phenoxy) is 2. The van der Waals surface area contributed by atoms with Crippen molar-refractivity contribution in [2.75, 3.05) is 48.4 Å². The van der Waals surface area contributed by atoms with Crippen LogP contribution in [0.15, 0.2) is 48.7 Å². The van der Waals surface area contributed by atoms with E-state index >= 15 is 0 Å². The molecule has 0 amide bonds. The van der Waals surface area contributed by atoms with E-state index < -0.39 is 10.0 Å². The highest BCUT2D eigenvalue weighted by molar-refractivity contribution is 7.92. The Labute approximate surface area is 203 Å². The third kappa shape index (κ3) is 6.06. The highest BCUT2D eigenvalue weighted by atomic mass is 35.5. The summed E-state index contributed by atoms with van der Waals surface area (Å²) in [5.41, 5.74) is 2.53. The summed E-state index contributed by atoms with van der Waals surface area (Å²) in [6.45, 7) is 2.23.